The lowest BCUT2D eigenvalue weighted by Gasteiger charge is -2.20. The molecule has 0 radical (unpaired) electrons. The van der Waals surface area contributed by atoms with Crippen molar-refractivity contribution in [3.8, 4) is 0 Å². The molecule has 1 heterocycles. The van der Waals surface area contributed by atoms with E-state index < -0.39 is 0 Å². The third-order valence-corrected chi connectivity index (χ3v) is 3.18. The topological polar surface area (TPSA) is 36.8 Å². The molecule has 1 aliphatic heterocycles. The molecule has 0 fully saturated rings. The summed E-state index contributed by atoms with van der Waals surface area (Å²) in [5.41, 5.74) is 3.25. The summed E-state index contributed by atoms with van der Waals surface area (Å²) >= 11 is 6.24. The van der Waals surface area contributed by atoms with Crippen molar-refractivity contribution in [3.63, 3.8) is 0 Å². The maximum Gasteiger partial charge on any atom is 0.146 e. The number of hydrogen-bond acceptors (Lipinski definition) is 3. The van der Waals surface area contributed by atoms with Gasteiger partial charge in [-0.05, 0) is 29.8 Å². The molecule has 2 aromatic rings. The summed E-state index contributed by atoms with van der Waals surface area (Å²) in [5, 5.41) is 11.6. The highest BCUT2D eigenvalue weighted by atomic mass is 35.5. The molecule has 3 rings (SSSR count). The zero-order valence-electron chi connectivity index (χ0n) is 10.1. The molecule has 2 aromatic carbocycles. The van der Waals surface area contributed by atoms with Crippen LogP contribution in [-0.4, -0.2) is 5.50 Å². The first-order chi connectivity index (χ1) is 9.33. The molecular formula is C15H12ClN3. The lowest BCUT2D eigenvalue weighted by atomic mass is 10.1. The molecular weight excluding hydrogens is 258 g/mol. The van der Waals surface area contributed by atoms with Crippen LogP contribution in [0.4, 0.5) is 11.4 Å². The Balaban J connectivity index is 1.89. The smallest absolute Gasteiger partial charge is 0.146 e. The van der Waals surface area contributed by atoms with Gasteiger partial charge >= 0.3 is 0 Å². The Hall–Kier alpha value is -2.13. The van der Waals surface area contributed by atoms with Crippen molar-refractivity contribution in [1.29, 1.82) is 0 Å². The predicted molar refractivity (Wildman–Crippen MR) is 78.6 cm³/mol. The van der Waals surface area contributed by atoms with Gasteiger partial charge in [-0.2, -0.15) is 10.2 Å². The van der Waals surface area contributed by atoms with Crippen molar-refractivity contribution in [3.05, 3.63) is 65.9 Å². The van der Waals surface area contributed by atoms with Gasteiger partial charge < -0.3 is 5.32 Å². The van der Waals surface area contributed by atoms with Gasteiger partial charge in [-0.1, -0.05) is 48.0 Å². The highest BCUT2D eigenvalue weighted by Gasteiger charge is 2.17. The molecule has 4 heteroatoms. The fourth-order valence-electron chi connectivity index (χ4n) is 1.89. The molecule has 0 saturated carbocycles. The highest BCUT2D eigenvalue weighted by molar-refractivity contribution is 6.24. The fraction of sp³-hybridized carbons (Fsp3) is 0.0667. The molecule has 0 amide bonds. The molecule has 94 valence electrons. The zero-order chi connectivity index (χ0) is 13.1. The number of azo groups is 1. The van der Waals surface area contributed by atoms with Crippen LogP contribution in [0.2, 0.25) is 0 Å². The molecule has 0 aromatic heterocycles. The Bertz CT molecular complexity index is 635. The summed E-state index contributed by atoms with van der Waals surface area (Å²) in [4.78, 5) is 0. The van der Waals surface area contributed by atoms with E-state index in [9.17, 15) is 0 Å². The van der Waals surface area contributed by atoms with Crippen LogP contribution in [0.25, 0.3) is 6.08 Å². The summed E-state index contributed by atoms with van der Waals surface area (Å²) in [6.07, 6.45) is 1.95. The third kappa shape index (κ3) is 2.66. The van der Waals surface area contributed by atoms with Crippen LogP contribution in [0.1, 0.15) is 5.56 Å². The summed E-state index contributed by atoms with van der Waals surface area (Å²) in [6.45, 7) is 0. The van der Waals surface area contributed by atoms with Gasteiger partial charge in [-0.25, -0.2) is 0 Å². The Morgan fingerprint density at radius 2 is 1.63 bits per heavy atom. The van der Waals surface area contributed by atoms with E-state index >= 15 is 0 Å². The van der Waals surface area contributed by atoms with Crippen molar-refractivity contribution in [1.82, 2.24) is 0 Å². The minimum Gasteiger partial charge on any atom is -0.364 e. The van der Waals surface area contributed by atoms with Crippen LogP contribution in [-0.2, 0) is 0 Å². The van der Waals surface area contributed by atoms with Gasteiger partial charge in [0.1, 0.15) is 11.2 Å². The molecule has 0 saturated heterocycles. The summed E-state index contributed by atoms with van der Waals surface area (Å²) < 4.78 is 0. The van der Waals surface area contributed by atoms with Gasteiger partial charge in [-0.15, -0.1) is 0 Å². The quantitative estimate of drug-likeness (QED) is 0.474. The fourth-order valence-corrected chi connectivity index (χ4v) is 2.11. The van der Waals surface area contributed by atoms with Crippen molar-refractivity contribution in [2.24, 2.45) is 10.2 Å². The molecule has 1 N–H and O–H groups in total. The van der Waals surface area contributed by atoms with Crippen LogP contribution >= 0.6 is 11.6 Å². The molecule has 0 spiro atoms. The van der Waals surface area contributed by atoms with E-state index in [1.807, 2.05) is 60.7 Å². The second-order valence-electron chi connectivity index (χ2n) is 4.20. The molecule has 19 heavy (non-hydrogen) atoms. The second-order valence-corrected chi connectivity index (χ2v) is 4.64. The number of nitrogens with one attached hydrogen (secondary N) is 1. The second kappa shape index (κ2) is 5.24. The number of nitrogens with zero attached hydrogens (tertiary/aromatic N) is 2. The zero-order valence-corrected chi connectivity index (χ0v) is 10.9. The van der Waals surface area contributed by atoms with Crippen molar-refractivity contribution in [2.75, 3.05) is 5.32 Å². The third-order valence-electron chi connectivity index (χ3n) is 2.84. The molecule has 3 nitrogen and oxygen atoms in total. The first kappa shape index (κ1) is 11.9. The van der Waals surface area contributed by atoms with Gasteiger partial charge in [0.05, 0.1) is 5.69 Å². The average Bonchev–Trinajstić information content (AvgIpc) is 2.46. The molecule has 0 bridgehead atoms. The van der Waals surface area contributed by atoms with E-state index in [-0.39, 0.29) is 5.50 Å². The van der Waals surface area contributed by atoms with E-state index in [1.165, 1.54) is 0 Å². The van der Waals surface area contributed by atoms with Crippen LogP contribution in [0, 0.1) is 0 Å². The number of anilines is 1. The minimum absolute atomic E-state index is 0.359. The SMILES string of the molecule is ClC1Nc2ccccc2C=C1N=Nc1ccccc1. The predicted octanol–water partition coefficient (Wildman–Crippen LogP) is 4.80. The van der Waals surface area contributed by atoms with Crippen LogP contribution in [0.5, 0.6) is 0 Å². The van der Waals surface area contributed by atoms with Gasteiger partial charge in [0, 0.05) is 5.69 Å². The first-order valence-electron chi connectivity index (χ1n) is 6.01. The average molecular weight is 270 g/mol. The van der Waals surface area contributed by atoms with Gasteiger partial charge in [0.15, 0.2) is 0 Å². The lowest BCUT2D eigenvalue weighted by Crippen LogP contribution is -2.18. The van der Waals surface area contributed by atoms with Crippen molar-refractivity contribution in [2.45, 2.75) is 5.50 Å². The van der Waals surface area contributed by atoms with E-state index in [0.29, 0.717) is 5.70 Å². The summed E-state index contributed by atoms with van der Waals surface area (Å²) in [6, 6.07) is 17.6. The molecule has 0 aliphatic carbocycles. The Labute approximate surface area is 116 Å². The van der Waals surface area contributed by atoms with Gasteiger partial charge in [0.2, 0.25) is 0 Å². The monoisotopic (exact) mass is 269 g/mol. The number of alkyl halides is 1. The first-order valence-corrected chi connectivity index (χ1v) is 6.44. The van der Waals surface area contributed by atoms with Gasteiger partial charge in [0.25, 0.3) is 0 Å². The van der Waals surface area contributed by atoms with E-state index in [2.05, 4.69) is 15.5 Å². The van der Waals surface area contributed by atoms with Crippen molar-refractivity contribution < 1.29 is 0 Å². The van der Waals surface area contributed by atoms with Gasteiger partial charge in [-0.3, -0.25) is 0 Å². The maximum absolute atomic E-state index is 6.24. The molecule has 1 aliphatic rings. The Morgan fingerprint density at radius 1 is 0.895 bits per heavy atom. The number of rotatable bonds is 2. The number of fused-ring (bicyclic) bond motifs is 1. The standard InChI is InChI=1S/C15H12ClN3/c16-15-14(19-18-12-7-2-1-3-8-12)10-11-6-4-5-9-13(11)17-15/h1-10,15,17H. The highest BCUT2D eigenvalue weighted by Crippen LogP contribution is 2.29. The number of benzene rings is 2. The normalized spacial score (nSPS) is 17.7. The summed E-state index contributed by atoms with van der Waals surface area (Å²) in [5.74, 6) is 0. The number of para-hydroxylation sites is 1. The molecule has 1 unspecified atom stereocenters. The Morgan fingerprint density at radius 3 is 2.47 bits per heavy atom. The van der Waals surface area contributed by atoms with E-state index in [0.717, 1.165) is 16.9 Å². The molecule has 1 atom stereocenters. The van der Waals surface area contributed by atoms with E-state index in [4.69, 9.17) is 11.6 Å². The number of hydrogen-bond donors (Lipinski definition) is 1. The van der Waals surface area contributed by atoms with Crippen LogP contribution in [0.15, 0.2) is 70.5 Å². The maximum atomic E-state index is 6.24. The number of halogens is 1. The van der Waals surface area contributed by atoms with Crippen LogP contribution < -0.4 is 5.32 Å². The lowest BCUT2D eigenvalue weighted by molar-refractivity contribution is 1.02. The van der Waals surface area contributed by atoms with E-state index in [1.54, 1.807) is 0 Å². The minimum atomic E-state index is -0.359. The summed E-state index contributed by atoms with van der Waals surface area (Å²) in [7, 11) is 0. The Kier molecular flexibility index (Phi) is 3.29. The van der Waals surface area contributed by atoms with Crippen LogP contribution in [0.3, 0.4) is 0 Å². The van der Waals surface area contributed by atoms with Crippen molar-refractivity contribution >= 4 is 29.1 Å². The largest absolute Gasteiger partial charge is 0.364 e.